The number of nitrogens with one attached hydrogen (secondary N) is 1. The Hall–Kier alpha value is -1.58. The summed E-state index contributed by atoms with van der Waals surface area (Å²) in [6.07, 6.45) is 0. The van der Waals surface area contributed by atoms with Crippen LogP contribution >= 0.6 is 0 Å². The molecule has 0 spiro atoms. The molecule has 0 aliphatic carbocycles. The third-order valence-electron chi connectivity index (χ3n) is 2.11. The zero-order valence-electron chi connectivity index (χ0n) is 7.51. The van der Waals surface area contributed by atoms with Crippen molar-refractivity contribution in [3.8, 4) is 5.75 Å². The smallest absolute Gasteiger partial charge is 0.284 e. The van der Waals surface area contributed by atoms with Crippen LogP contribution < -0.4 is 0 Å². The maximum absolute atomic E-state index is 12.9. The summed E-state index contributed by atoms with van der Waals surface area (Å²) >= 11 is 0. The minimum absolute atomic E-state index is 0.00856. The molecule has 0 atom stereocenters. The number of H-pyrrole nitrogens is 1. The Labute approximate surface area is 79.2 Å². The van der Waals surface area contributed by atoms with Crippen molar-refractivity contribution < 1.29 is 13.9 Å². The van der Waals surface area contributed by atoms with Crippen molar-refractivity contribution in [3.05, 3.63) is 30.0 Å². The van der Waals surface area contributed by atoms with Crippen LogP contribution in [0, 0.1) is 0 Å². The summed E-state index contributed by atoms with van der Waals surface area (Å²) in [6.45, 7) is 0.814. The van der Waals surface area contributed by atoms with Crippen molar-refractivity contribution >= 4 is 10.9 Å². The molecule has 1 aromatic carbocycles. The number of alkyl halides is 2. The van der Waals surface area contributed by atoms with Gasteiger partial charge in [-0.2, -0.15) is 0 Å². The van der Waals surface area contributed by atoms with Gasteiger partial charge in [0.15, 0.2) is 0 Å². The van der Waals surface area contributed by atoms with Crippen LogP contribution in [0.4, 0.5) is 8.78 Å². The Morgan fingerprint density at radius 3 is 2.64 bits per heavy atom. The highest BCUT2D eigenvalue weighted by atomic mass is 19.3. The summed E-state index contributed by atoms with van der Waals surface area (Å²) in [7, 11) is 0. The number of aromatic hydroxyl groups is 1. The SMILES string of the molecule is CC(F)(F)c1cc2c(O)cccc2[nH]1. The fourth-order valence-corrected chi connectivity index (χ4v) is 1.38. The molecule has 2 rings (SSSR count). The molecule has 0 saturated carbocycles. The summed E-state index contributed by atoms with van der Waals surface area (Å²) in [5.74, 6) is -2.90. The van der Waals surface area contributed by atoms with Gasteiger partial charge in [0.05, 0.1) is 5.69 Å². The number of halogens is 2. The van der Waals surface area contributed by atoms with Gasteiger partial charge in [0.1, 0.15) is 5.75 Å². The Morgan fingerprint density at radius 2 is 2.07 bits per heavy atom. The number of benzene rings is 1. The van der Waals surface area contributed by atoms with E-state index in [4.69, 9.17) is 0 Å². The first-order valence-corrected chi connectivity index (χ1v) is 4.17. The lowest BCUT2D eigenvalue weighted by Crippen LogP contribution is -2.06. The van der Waals surface area contributed by atoms with Gasteiger partial charge in [-0.15, -0.1) is 0 Å². The third kappa shape index (κ3) is 1.32. The molecule has 2 aromatic rings. The molecular weight excluding hydrogens is 188 g/mol. The van der Waals surface area contributed by atoms with Gasteiger partial charge in [0.2, 0.25) is 0 Å². The third-order valence-corrected chi connectivity index (χ3v) is 2.11. The predicted octanol–water partition coefficient (Wildman–Crippen LogP) is 2.99. The van der Waals surface area contributed by atoms with E-state index in [0.29, 0.717) is 10.9 Å². The van der Waals surface area contributed by atoms with E-state index in [0.717, 1.165) is 6.92 Å². The second-order valence-electron chi connectivity index (χ2n) is 3.31. The molecule has 0 amide bonds. The Morgan fingerprint density at radius 1 is 1.36 bits per heavy atom. The van der Waals surface area contributed by atoms with Crippen LogP contribution in [-0.2, 0) is 5.92 Å². The van der Waals surface area contributed by atoms with E-state index in [2.05, 4.69) is 4.98 Å². The van der Waals surface area contributed by atoms with Gasteiger partial charge < -0.3 is 10.1 Å². The zero-order chi connectivity index (χ0) is 10.3. The Kier molecular flexibility index (Phi) is 1.74. The largest absolute Gasteiger partial charge is 0.507 e. The fourth-order valence-electron chi connectivity index (χ4n) is 1.38. The maximum atomic E-state index is 12.9. The van der Waals surface area contributed by atoms with E-state index in [1.807, 2.05) is 0 Å². The summed E-state index contributed by atoms with van der Waals surface area (Å²) < 4.78 is 25.8. The van der Waals surface area contributed by atoms with Crippen LogP contribution in [0.3, 0.4) is 0 Å². The average Bonchev–Trinajstić information content (AvgIpc) is 2.48. The molecule has 2 nitrogen and oxygen atoms in total. The van der Waals surface area contributed by atoms with Crippen LogP contribution in [0.1, 0.15) is 12.6 Å². The summed E-state index contributed by atoms with van der Waals surface area (Å²) in [5.41, 5.74) is 0.329. The molecule has 0 bridgehead atoms. The predicted molar refractivity (Wildman–Crippen MR) is 49.5 cm³/mol. The first-order chi connectivity index (χ1) is 6.48. The molecule has 14 heavy (non-hydrogen) atoms. The van der Waals surface area contributed by atoms with Gasteiger partial charge in [-0.1, -0.05) is 6.07 Å². The van der Waals surface area contributed by atoms with Crippen molar-refractivity contribution in [2.24, 2.45) is 0 Å². The van der Waals surface area contributed by atoms with Crippen LogP contribution in [0.25, 0.3) is 10.9 Å². The first-order valence-electron chi connectivity index (χ1n) is 4.17. The lowest BCUT2D eigenvalue weighted by Gasteiger charge is -2.05. The summed E-state index contributed by atoms with van der Waals surface area (Å²) in [6, 6.07) is 5.98. The van der Waals surface area contributed by atoms with E-state index in [1.165, 1.54) is 12.1 Å². The number of phenolic OH excluding ortho intramolecular Hbond substituents is 1. The van der Waals surface area contributed by atoms with Gasteiger partial charge in [0.25, 0.3) is 5.92 Å². The van der Waals surface area contributed by atoms with Crippen molar-refractivity contribution in [1.82, 2.24) is 4.98 Å². The Balaban J connectivity index is 2.69. The maximum Gasteiger partial charge on any atom is 0.284 e. The molecule has 1 aromatic heterocycles. The van der Waals surface area contributed by atoms with Gasteiger partial charge in [-0.05, 0) is 18.2 Å². The van der Waals surface area contributed by atoms with E-state index >= 15 is 0 Å². The van der Waals surface area contributed by atoms with Crippen LogP contribution in [0.15, 0.2) is 24.3 Å². The van der Waals surface area contributed by atoms with Crippen LogP contribution in [0.2, 0.25) is 0 Å². The zero-order valence-corrected chi connectivity index (χ0v) is 7.51. The van der Waals surface area contributed by atoms with Gasteiger partial charge in [-0.25, -0.2) is 8.78 Å². The molecule has 0 fully saturated rings. The molecular formula is C10H9F2NO. The molecule has 0 unspecified atom stereocenters. The van der Waals surface area contributed by atoms with E-state index in [1.54, 1.807) is 12.1 Å². The average molecular weight is 197 g/mol. The quantitative estimate of drug-likeness (QED) is 0.724. The molecule has 0 radical (unpaired) electrons. The van der Waals surface area contributed by atoms with E-state index in [-0.39, 0.29) is 11.4 Å². The summed E-state index contributed by atoms with van der Waals surface area (Å²) in [4.78, 5) is 2.57. The van der Waals surface area contributed by atoms with Gasteiger partial charge >= 0.3 is 0 Å². The standard InChI is InChI=1S/C10H9F2NO/c1-10(11,12)9-5-6-7(13-9)3-2-4-8(6)14/h2-5,13-14H,1H3. The van der Waals surface area contributed by atoms with Crippen LogP contribution in [-0.4, -0.2) is 10.1 Å². The molecule has 4 heteroatoms. The van der Waals surface area contributed by atoms with Crippen LogP contribution in [0.5, 0.6) is 5.75 Å². The number of phenols is 1. The Bertz CT molecular complexity index is 470. The van der Waals surface area contributed by atoms with Crippen molar-refractivity contribution in [2.75, 3.05) is 0 Å². The first kappa shape index (κ1) is 8.99. The fraction of sp³-hybridized carbons (Fsp3) is 0.200. The molecule has 0 aliphatic rings. The molecule has 74 valence electrons. The molecule has 0 aliphatic heterocycles. The summed E-state index contributed by atoms with van der Waals surface area (Å²) in [5, 5.41) is 9.81. The van der Waals surface area contributed by atoms with Gasteiger partial charge in [-0.3, -0.25) is 0 Å². The second kappa shape index (κ2) is 2.70. The highest BCUT2D eigenvalue weighted by Gasteiger charge is 2.26. The number of aromatic nitrogens is 1. The highest BCUT2D eigenvalue weighted by molar-refractivity contribution is 5.86. The number of fused-ring (bicyclic) bond motifs is 1. The molecule has 2 N–H and O–H groups in total. The van der Waals surface area contributed by atoms with Crippen molar-refractivity contribution in [2.45, 2.75) is 12.8 Å². The molecule has 1 heterocycles. The van der Waals surface area contributed by atoms with Crippen molar-refractivity contribution in [3.63, 3.8) is 0 Å². The van der Waals surface area contributed by atoms with Crippen molar-refractivity contribution in [1.29, 1.82) is 0 Å². The normalized spacial score (nSPS) is 12.2. The lowest BCUT2D eigenvalue weighted by atomic mass is 10.2. The number of rotatable bonds is 1. The minimum Gasteiger partial charge on any atom is -0.507 e. The lowest BCUT2D eigenvalue weighted by molar-refractivity contribution is 0.0135. The molecule has 0 saturated heterocycles. The number of aromatic amines is 1. The van der Waals surface area contributed by atoms with Gasteiger partial charge in [0, 0.05) is 17.8 Å². The number of hydrogen-bond donors (Lipinski definition) is 2. The van der Waals surface area contributed by atoms with E-state index in [9.17, 15) is 13.9 Å². The minimum atomic E-state index is -2.91. The second-order valence-corrected chi connectivity index (χ2v) is 3.31. The van der Waals surface area contributed by atoms with E-state index < -0.39 is 5.92 Å². The topological polar surface area (TPSA) is 36.0 Å². The number of hydrogen-bond acceptors (Lipinski definition) is 1. The monoisotopic (exact) mass is 197 g/mol. The highest BCUT2D eigenvalue weighted by Crippen LogP contribution is 2.32.